The molecule has 3 nitrogen and oxygen atoms in total. The van der Waals surface area contributed by atoms with Crippen molar-refractivity contribution >= 4 is 22.4 Å². The highest BCUT2D eigenvalue weighted by Crippen LogP contribution is 2.35. The van der Waals surface area contributed by atoms with Crippen LogP contribution in [0.25, 0.3) is 10.8 Å². The molecule has 2 aromatic rings. The lowest BCUT2D eigenvalue weighted by molar-refractivity contribution is -0.126. The van der Waals surface area contributed by atoms with E-state index < -0.39 is 5.41 Å². The molecule has 0 saturated heterocycles. The number of nitrogens with one attached hydrogen (secondary N) is 1. The molecule has 0 saturated carbocycles. The topological polar surface area (TPSA) is 41.5 Å². The number of benzene rings is 2. The standard InChI is InChI=1S/C19H22N2O/c1-3-4-11-19(14(2)20-21-18(19)22)13-15-9-10-16-7-5-6-8-17(16)12-15/h5-10,12H,3-4,11,13H2,1-2H3,(H,21,22)/t19-/m1/s1. The zero-order valence-corrected chi connectivity index (χ0v) is 13.2. The van der Waals surface area contributed by atoms with E-state index in [0.29, 0.717) is 0 Å². The van der Waals surface area contributed by atoms with Crippen LogP contribution < -0.4 is 5.43 Å². The molecule has 0 aromatic heterocycles. The molecule has 114 valence electrons. The fraction of sp³-hybridized carbons (Fsp3) is 0.368. The van der Waals surface area contributed by atoms with E-state index in [2.05, 4.69) is 47.8 Å². The highest BCUT2D eigenvalue weighted by atomic mass is 16.2. The molecule has 0 aliphatic carbocycles. The van der Waals surface area contributed by atoms with Crippen molar-refractivity contribution in [3.8, 4) is 0 Å². The van der Waals surface area contributed by atoms with Crippen molar-refractivity contribution in [1.82, 2.24) is 5.43 Å². The Morgan fingerprint density at radius 2 is 1.91 bits per heavy atom. The van der Waals surface area contributed by atoms with Gasteiger partial charge >= 0.3 is 0 Å². The van der Waals surface area contributed by atoms with Gasteiger partial charge in [0.1, 0.15) is 0 Å². The first-order valence-electron chi connectivity index (χ1n) is 7.98. The first-order valence-corrected chi connectivity index (χ1v) is 7.98. The smallest absolute Gasteiger partial charge is 0.252 e. The Balaban J connectivity index is 1.95. The largest absolute Gasteiger partial charge is 0.272 e. The van der Waals surface area contributed by atoms with E-state index in [1.54, 1.807) is 0 Å². The number of unbranched alkanes of at least 4 members (excludes halogenated alkanes) is 1. The monoisotopic (exact) mass is 294 g/mol. The average molecular weight is 294 g/mol. The minimum absolute atomic E-state index is 0.0478. The van der Waals surface area contributed by atoms with Crippen LogP contribution in [0.3, 0.4) is 0 Å². The van der Waals surface area contributed by atoms with Crippen molar-refractivity contribution < 1.29 is 4.79 Å². The van der Waals surface area contributed by atoms with Crippen molar-refractivity contribution in [3.63, 3.8) is 0 Å². The second-order valence-electron chi connectivity index (χ2n) is 6.18. The maximum atomic E-state index is 12.5. The number of hydrogen-bond donors (Lipinski definition) is 1. The molecule has 22 heavy (non-hydrogen) atoms. The molecule has 1 aliphatic rings. The molecule has 3 heteroatoms. The van der Waals surface area contributed by atoms with Gasteiger partial charge < -0.3 is 0 Å². The van der Waals surface area contributed by atoms with Gasteiger partial charge in [-0.1, -0.05) is 62.2 Å². The SMILES string of the molecule is CCCC[C@]1(Cc2ccc3ccccc3c2)C(=O)NN=C1C. The molecule has 2 aromatic carbocycles. The van der Waals surface area contributed by atoms with Gasteiger partial charge in [-0.3, -0.25) is 4.79 Å². The van der Waals surface area contributed by atoms with Gasteiger partial charge in [0.2, 0.25) is 0 Å². The minimum Gasteiger partial charge on any atom is -0.272 e. The zero-order chi connectivity index (χ0) is 15.6. The molecule has 0 fully saturated rings. The molecule has 3 rings (SSSR count). The van der Waals surface area contributed by atoms with E-state index in [0.717, 1.165) is 31.4 Å². The molecule has 1 aliphatic heterocycles. The van der Waals surface area contributed by atoms with E-state index in [1.165, 1.54) is 16.3 Å². The number of amides is 1. The van der Waals surface area contributed by atoms with Crippen LogP contribution in [0.4, 0.5) is 0 Å². The van der Waals surface area contributed by atoms with Gasteiger partial charge in [-0.05, 0) is 36.1 Å². The number of fused-ring (bicyclic) bond motifs is 1. The Morgan fingerprint density at radius 1 is 1.14 bits per heavy atom. The Hall–Kier alpha value is -2.16. The molecule has 0 radical (unpaired) electrons. The molecule has 0 bridgehead atoms. The van der Waals surface area contributed by atoms with Crippen LogP contribution in [0.5, 0.6) is 0 Å². The van der Waals surface area contributed by atoms with Gasteiger partial charge in [-0.25, -0.2) is 5.43 Å². The van der Waals surface area contributed by atoms with Gasteiger partial charge in [0.05, 0.1) is 11.1 Å². The maximum absolute atomic E-state index is 12.5. The Labute approximate surface area is 131 Å². The van der Waals surface area contributed by atoms with Gasteiger partial charge in [0.15, 0.2) is 0 Å². The molecule has 0 unspecified atom stereocenters. The van der Waals surface area contributed by atoms with E-state index in [9.17, 15) is 4.79 Å². The molecular weight excluding hydrogens is 272 g/mol. The number of rotatable bonds is 5. The van der Waals surface area contributed by atoms with Crippen LogP contribution in [-0.2, 0) is 11.2 Å². The van der Waals surface area contributed by atoms with Crippen LogP contribution in [0.15, 0.2) is 47.6 Å². The summed E-state index contributed by atoms with van der Waals surface area (Å²) in [6.45, 7) is 4.12. The Bertz CT molecular complexity index is 735. The Morgan fingerprint density at radius 3 is 2.59 bits per heavy atom. The summed E-state index contributed by atoms with van der Waals surface area (Å²) in [6, 6.07) is 14.8. The van der Waals surface area contributed by atoms with E-state index in [-0.39, 0.29) is 5.91 Å². The number of nitrogens with zero attached hydrogens (tertiary/aromatic N) is 1. The Kier molecular flexibility index (Phi) is 3.97. The third kappa shape index (κ3) is 2.52. The third-order valence-electron chi connectivity index (χ3n) is 4.73. The summed E-state index contributed by atoms with van der Waals surface area (Å²) in [5.74, 6) is 0.0478. The molecular formula is C19H22N2O. The van der Waals surface area contributed by atoms with Crippen molar-refractivity contribution in [2.24, 2.45) is 10.5 Å². The second-order valence-corrected chi connectivity index (χ2v) is 6.18. The third-order valence-corrected chi connectivity index (χ3v) is 4.73. The zero-order valence-electron chi connectivity index (χ0n) is 13.2. The summed E-state index contributed by atoms with van der Waals surface area (Å²) in [5.41, 5.74) is 4.31. The lowest BCUT2D eigenvalue weighted by Gasteiger charge is -2.27. The molecule has 1 heterocycles. The highest BCUT2D eigenvalue weighted by Gasteiger charge is 2.44. The number of hydrogen-bond acceptors (Lipinski definition) is 2. The summed E-state index contributed by atoms with van der Waals surface area (Å²) in [4.78, 5) is 12.5. The molecule has 0 spiro atoms. The lowest BCUT2D eigenvalue weighted by atomic mass is 9.74. The first kappa shape index (κ1) is 14.8. The van der Waals surface area contributed by atoms with E-state index >= 15 is 0 Å². The maximum Gasteiger partial charge on any atom is 0.252 e. The molecule has 1 atom stereocenters. The van der Waals surface area contributed by atoms with Crippen molar-refractivity contribution in [3.05, 3.63) is 48.0 Å². The van der Waals surface area contributed by atoms with Crippen LogP contribution in [0.2, 0.25) is 0 Å². The first-order chi connectivity index (χ1) is 10.7. The number of carbonyl (C=O) groups excluding carboxylic acids is 1. The summed E-state index contributed by atoms with van der Waals surface area (Å²) >= 11 is 0. The van der Waals surface area contributed by atoms with Crippen LogP contribution in [0, 0.1) is 5.41 Å². The number of carbonyl (C=O) groups is 1. The van der Waals surface area contributed by atoms with Gasteiger partial charge in [0, 0.05) is 0 Å². The molecule has 1 N–H and O–H groups in total. The lowest BCUT2D eigenvalue weighted by Crippen LogP contribution is -2.39. The summed E-state index contributed by atoms with van der Waals surface area (Å²) in [6.07, 6.45) is 3.70. The summed E-state index contributed by atoms with van der Waals surface area (Å²) in [7, 11) is 0. The normalized spacial score (nSPS) is 21.0. The van der Waals surface area contributed by atoms with Crippen LogP contribution in [-0.4, -0.2) is 11.6 Å². The summed E-state index contributed by atoms with van der Waals surface area (Å²) in [5, 5.41) is 6.65. The van der Waals surface area contributed by atoms with E-state index in [1.807, 2.05) is 19.1 Å². The highest BCUT2D eigenvalue weighted by molar-refractivity contribution is 6.11. The van der Waals surface area contributed by atoms with Gasteiger partial charge in [-0.2, -0.15) is 5.10 Å². The quantitative estimate of drug-likeness (QED) is 0.887. The van der Waals surface area contributed by atoms with Gasteiger partial charge in [-0.15, -0.1) is 0 Å². The van der Waals surface area contributed by atoms with Crippen molar-refractivity contribution in [1.29, 1.82) is 0 Å². The van der Waals surface area contributed by atoms with Crippen LogP contribution in [0.1, 0.15) is 38.7 Å². The average Bonchev–Trinajstić information content (AvgIpc) is 2.81. The van der Waals surface area contributed by atoms with E-state index in [4.69, 9.17) is 0 Å². The van der Waals surface area contributed by atoms with Crippen molar-refractivity contribution in [2.45, 2.75) is 39.5 Å². The summed E-state index contributed by atoms with van der Waals surface area (Å²) < 4.78 is 0. The second kappa shape index (κ2) is 5.91. The minimum atomic E-state index is -0.474. The number of hydrazone groups is 1. The fourth-order valence-corrected chi connectivity index (χ4v) is 3.28. The van der Waals surface area contributed by atoms with Crippen LogP contribution >= 0.6 is 0 Å². The predicted molar refractivity (Wildman–Crippen MR) is 90.9 cm³/mol. The van der Waals surface area contributed by atoms with Crippen molar-refractivity contribution in [2.75, 3.05) is 0 Å². The fourth-order valence-electron chi connectivity index (χ4n) is 3.28. The predicted octanol–water partition coefficient (Wildman–Crippen LogP) is 4.06. The van der Waals surface area contributed by atoms with Gasteiger partial charge in [0.25, 0.3) is 5.91 Å². The molecule has 1 amide bonds.